The fraction of sp³-hybridized carbons (Fsp3) is 0.286. The third kappa shape index (κ3) is 4.08. The molecule has 0 fully saturated rings. The molecule has 3 rings (SSSR count). The molecule has 0 radical (unpaired) electrons. The van der Waals surface area contributed by atoms with Gasteiger partial charge in [0.25, 0.3) is 0 Å². The molecule has 0 aliphatic heterocycles. The lowest BCUT2D eigenvalue weighted by Crippen LogP contribution is -2.30. The van der Waals surface area contributed by atoms with Crippen molar-refractivity contribution in [1.29, 1.82) is 0 Å². The molecule has 1 aromatic heterocycles. The lowest BCUT2D eigenvalue weighted by molar-refractivity contribution is -0.121. The summed E-state index contributed by atoms with van der Waals surface area (Å²) in [6.07, 6.45) is 3.16. The second kappa shape index (κ2) is 7.51. The van der Waals surface area contributed by atoms with Crippen molar-refractivity contribution in [1.82, 2.24) is 9.88 Å². The molecule has 3 aromatic rings. The number of carbonyl (C=O) groups is 1. The number of benzene rings is 2. The Hall–Kier alpha value is -2.62. The molecule has 0 spiro atoms. The number of halogens is 1. The summed E-state index contributed by atoms with van der Waals surface area (Å²) in [5.41, 5.74) is 2.84. The van der Waals surface area contributed by atoms with Gasteiger partial charge in [-0.1, -0.05) is 36.4 Å². The first kappa shape index (κ1) is 17.2. The zero-order chi connectivity index (χ0) is 17.8. The van der Waals surface area contributed by atoms with Crippen LogP contribution in [0.15, 0.2) is 54.7 Å². The summed E-state index contributed by atoms with van der Waals surface area (Å²) in [7, 11) is 0. The van der Waals surface area contributed by atoms with Crippen LogP contribution in [0.25, 0.3) is 10.9 Å². The average Bonchev–Trinajstić information content (AvgIpc) is 2.93. The Morgan fingerprint density at radius 3 is 2.56 bits per heavy atom. The molecule has 0 saturated heterocycles. The van der Waals surface area contributed by atoms with Crippen molar-refractivity contribution in [2.45, 2.75) is 39.3 Å². The second-order valence-corrected chi connectivity index (χ2v) is 6.61. The molecule has 130 valence electrons. The van der Waals surface area contributed by atoms with Gasteiger partial charge in [0.05, 0.1) is 6.54 Å². The predicted molar refractivity (Wildman–Crippen MR) is 99.0 cm³/mol. The predicted octanol–water partition coefficient (Wildman–Crippen LogP) is 4.29. The summed E-state index contributed by atoms with van der Waals surface area (Å²) < 4.78 is 16.1. The highest BCUT2D eigenvalue weighted by Gasteiger charge is 2.12. The number of carbonyl (C=O) groups excluding carboxylic acids is 1. The zero-order valence-corrected chi connectivity index (χ0v) is 14.6. The first-order valence-electron chi connectivity index (χ1n) is 8.64. The second-order valence-electron chi connectivity index (χ2n) is 6.61. The smallest absolute Gasteiger partial charge is 0.220 e. The maximum Gasteiger partial charge on any atom is 0.220 e. The van der Waals surface area contributed by atoms with E-state index in [2.05, 4.69) is 16.0 Å². The Morgan fingerprint density at radius 2 is 1.80 bits per heavy atom. The molecule has 0 aliphatic carbocycles. The van der Waals surface area contributed by atoms with Crippen LogP contribution in [0.1, 0.15) is 31.4 Å². The summed E-state index contributed by atoms with van der Waals surface area (Å²) in [4.78, 5) is 11.9. The quantitative estimate of drug-likeness (QED) is 0.715. The molecule has 2 aromatic carbocycles. The molecule has 0 bridgehead atoms. The number of para-hydroxylation sites is 1. The number of rotatable bonds is 6. The van der Waals surface area contributed by atoms with Gasteiger partial charge in [-0.05, 0) is 38.0 Å². The van der Waals surface area contributed by atoms with Crippen LogP contribution in [0.2, 0.25) is 0 Å². The topological polar surface area (TPSA) is 34.0 Å². The van der Waals surface area contributed by atoms with Gasteiger partial charge >= 0.3 is 0 Å². The van der Waals surface area contributed by atoms with Crippen molar-refractivity contribution in [3.8, 4) is 0 Å². The molecule has 1 N–H and O–H groups in total. The van der Waals surface area contributed by atoms with Gasteiger partial charge in [-0.2, -0.15) is 0 Å². The molecule has 0 atom stereocenters. The molecule has 3 nitrogen and oxygen atoms in total. The van der Waals surface area contributed by atoms with E-state index in [9.17, 15) is 9.18 Å². The van der Waals surface area contributed by atoms with Crippen LogP contribution in [0.5, 0.6) is 0 Å². The van der Waals surface area contributed by atoms with E-state index in [1.165, 1.54) is 6.07 Å². The van der Waals surface area contributed by atoms with Crippen LogP contribution in [-0.2, 0) is 17.8 Å². The Balaban J connectivity index is 1.85. The van der Waals surface area contributed by atoms with Gasteiger partial charge in [0.2, 0.25) is 5.91 Å². The molecule has 25 heavy (non-hydrogen) atoms. The maximum atomic E-state index is 14.0. The van der Waals surface area contributed by atoms with E-state index >= 15 is 0 Å². The molecular formula is C21H23FN2O. The normalized spacial score (nSPS) is 11.2. The van der Waals surface area contributed by atoms with Gasteiger partial charge < -0.3 is 9.88 Å². The van der Waals surface area contributed by atoms with Crippen LogP contribution in [0.4, 0.5) is 4.39 Å². The van der Waals surface area contributed by atoms with Crippen molar-refractivity contribution < 1.29 is 9.18 Å². The van der Waals surface area contributed by atoms with Crippen molar-refractivity contribution in [3.05, 3.63) is 71.7 Å². The molecule has 0 aliphatic rings. The maximum absolute atomic E-state index is 14.0. The number of aromatic nitrogens is 1. The highest BCUT2D eigenvalue weighted by atomic mass is 19.1. The summed E-state index contributed by atoms with van der Waals surface area (Å²) in [6.45, 7) is 4.39. The van der Waals surface area contributed by atoms with Crippen molar-refractivity contribution in [2.24, 2.45) is 0 Å². The largest absolute Gasteiger partial charge is 0.354 e. The Kier molecular flexibility index (Phi) is 5.17. The van der Waals surface area contributed by atoms with Crippen LogP contribution in [-0.4, -0.2) is 16.5 Å². The summed E-state index contributed by atoms with van der Waals surface area (Å²) in [5, 5.41) is 4.04. The fourth-order valence-corrected chi connectivity index (χ4v) is 3.11. The van der Waals surface area contributed by atoms with Crippen LogP contribution < -0.4 is 5.32 Å². The number of nitrogens with zero attached hydrogens (tertiary/aromatic N) is 1. The van der Waals surface area contributed by atoms with E-state index in [4.69, 9.17) is 0 Å². The lowest BCUT2D eigenvalue weighted by Gasteiger charge is -2.07. The van der Waals surface area contributed by atoms with Crippen LogP contribution >= 0.6 is 0 Å². The molecule has 0 saturated carbocycles. The van der Waals surface area contributed by atoms with E-state index in [0.717, 1.165) is 16.5 Å². The van der Waals surface area contributed by atoms with Crippen molar-refractivity contribution >= 4 is 16.8 Å². The van der Waals surface area contributed by atoms with Gasteiger partial charge in [0.1, 0.15) is 5.82 Å². The molecular weight excluding hydrogens is 315 g/mol. The molecule has 1 heterocycles. The molecule has 0 unspecified atom stereocenters. The number of fused-ring (bicyclic) bond motifs is 1. The number of hydrogen-bond donors (Lipinski definition) is 1. The Labute approximate surface area is 147 Å². The molecule has 1 amide bonds. The van der Waals surface area contributed by atoms with E-state index in [1.807, 2.05) is 44.3 Å². The van der Waals surface area contributed by atoms with Crippen LogP contribution in [0.3, 0.4) is 0 Å². The Bertz CT molecular complexity index is 882. The van der Waals surface area contributed by atoms with E-state index in [1.54, 1.807) is 12.1 Å². The Morgan fingerprint density at radius 1 is 1.08 bits per heavy atom. The van der Waals surface area contributed by atoms with Gasteiger partial charge in [-0.15, -0.1) is 0 Å². The first-order valence-corrected chi connectivity index (χ1v) is 8.64. The van der Waals surface area contributed by atoms with E-state index < -0.39 is 0 Å². The zero-order valence-electron chi connectivity index (χ0n) is 14.6. The SMILES string of the molecule is CC(C)NC(=O)CCc1cn(Cc2ccccc2F)c2ccccc12. The lowest BCUT2D eigenvalue weighted by atomic mass is 10.1. The monoisotopic (exact) mass is 338 g/mol. The van der Waals surface area contributed by atoms with Crippen LogP contribution in [0, 0.1) is 5.82 Å². The van der Waals surface area contributed by atoms with Crippen molar-refractivity contribution in [3.63, 3.8) is 0 Å². The fourth-order valence-electron chi connectivity index (χ4n) is 3.11. The number of hydrogen-bond acceptors (Lipinski definition) is 1. The van der Waals surface area contributed by atoms with Gasteiger partial charge in [0, 0.05) is 35.1 Å². The highest BCUT2D eigenvalue weighted by Crippen LogP contribution is 2.24. The highest BCUT2D eigenvalue weighted by molar-refractivity contribution is 5.85. The van der Waals surface area contributed by atoms with Gasteiger partial charge in [-0.25, -0.2) is 4.39 Å². The summed E-state index contributed by atoms with van der Waals surface area (Å²) >= 11 is 0. The van der Waals surface area contributed by atoms with E-state index in [0.29, 0.717) is 24.9 Å². The minimum Gasteiger partial charge on any atom is -0.354 e. The average molecular weight is 338 g/mol. The summed E-state index contributed by atoms with van der Waals surface area (Å²) in [6, 6.07) is 15.1. The number of amides is 1. The number of nitrogens with one attached hydrogen (secondary N) is 1. The third-order valence-electron chi connectivity index (χ3n) is 4.24. The first-order chi connectivity index (χ1) is 12.0. The summed E-state index contributed by atoms with van der Waals surface area (Å²) in [5.74, 6) is -0.140. The molecule has 4 heteroatoms. The third-order valence-corrected chi connectivity index (χ3v) is 4.24. The number of aryl methyl sites for hydroxylation is 1. The van der Waals surface area contributed by atoms with Gasteiger partial charge in [-0.3, -0.25) is 4.79 Å². The van der Waals surface area contributed by atoms with E-state index in [-0.39, 0.29) is 17.8 Å². The minimum atomic E-state index is -0.196. The van der Waals surface area contributed by atoms with Crippen molar-refractivity contribution in [2.75, 3.05) is 0 Å². The minimum absolute atomic E-state index is 0.0564. The standard InChI is InChI=1S/C21H23FN2O/c1-15(2)23-21(25)12-11-16-13-24(20-10-6-4-8-18(16)20)14-17-7-3-5-9-19(17)22/h3-10,13,15H,11-12,14H2,1-2H3,(H,23,25). The van der Waals surface area contributed by atoms with Gasteiger partial charge in [0.15, 0.2) is 0 Å².